The fourth-order valence-corrected chi connectivity index (χ4v) is 1.63. The van der Waals surface area contributed by atoms with Crippen molar-refractivity contribution in [3.63, 3.8) is 0 Å². The number of aromatic hydroxyl groups is 1. The van der Waals surface area contributed by atoms with Crippen LogP contribution in [-0.2, 0) is 6.42 Å². The fourth-order valence-electron chi connectivity index (χ4n) is 1.63. The van der Waals surface area contributed by atoms with E-state index in [0.29, 0.717) is 12.0 Å². The number of carbonyl (C=O) groups is 1. The van der Waals surface area contributed by atoms with Crippen molar-refractivity contribution < 1.29 is 9.90 Å². The Bertz CT molecular complexity index is 353. The van der Waals surface area contributed by atoms with Crippen LogP contribution in [0, 0.1) is 6.92 Å². The molecule has 0 radical (unpaired) electrons. The van der Waals surface area contributed by atoms with Gasteiger partial charge in [-0.3, -0.25) is 4.79 Å². The van der Waals surface area contributed by atoms with E-state index in [4.69, 9.17) is 0 Å². The summed E-state index contributed by atoms with van der Waals surface area (Å²) in [4.78, 5) is 11.3. The number of aryl methyl sites for hydroxylation is 2. The Morgan fingerprint density at radius 3 is 2.83 bits per heavy atom. The van der Waals surface area contributed by atoms with Crippen molar-refractivity contribution in [3.8, 4) is 5.75 Å². The minimum Gasteiger partial charge on any atom is -0.507 e. The summed E-state index contributed by atoms with van der Waals surface area (Å²) in [5.41, 5.74) is 2.32. The number of hydrogen-bond acceptors (Lipinski definition) is 2. The lowest BCUT2D eigenvalue weighted by molar-refractivity contribution is 0.0992. The maximum atomic E-state index is 11.3. The van der Waals surface area contributed by atoms with Crippen LogP contribution in [0.25, 0.3) is 0 Å². The number of hydrogen-bond donors (Lipinski definition) is 1. The molecule has 0 saturated carbocycles. The number of phenolic OH excluding ortho intramolecular Hbond substituents is 1. The van der Waals surface area contributed by atoms with Crippen LogP contribution in [0.3, 0.4) is 0 Å². The first-order valence-electron chi connectivity index (χ1n) is 4.05. The van der Waals surface area contributed by atoms with E-state index in [-0.39, 0.29) is 11.5 Å². The first kappa shape index (κ1) is 7.35. The Morgan fingerprint density at radius 1 is 1.33 bits per heavy atom. The fraction of sp³-hybridized carbons (Fsp3) is 0.300. The molecule has 62 valence electrons. The van der Waals surface area contributed by atoms with Crippen LogP contribution in [-0.4, -0.2) is 10.9 Å². The van der Waals surface area contributed by atoms with Gasteiger partial charge in [-0.1, -0.05) is 12.1 Å². The standard InChI is InChI=1S/C10H10O2/c1-6-2-3-7-4-5-8(11)9(7)10(6)12/h2-3,12H,4-5H2,1H3. The molecule has 2 nitrogen and oxygen atoms in total. The first-order valence-corrected chi connectivity index (χ1v) is 4.05. The Morgan fingerprint density at radius 2 is 2.08 bits per heavy atom. The van der Waals surface area contributed by atoms with Gasteiger partial charge in [0.2, 0.25) is 0 Å². The van der Waals surface area contributed by atoms with Crippen molar-refractivity contribution in [2.45, 2.75) is 19.8 Å². The van der Waals surface area contributed by atoms with Crippen molar-refractivity contribution in [1.29, 1.82) is 0 Å². The Labute approximate surface area is 70.8 Å². The van der Waals surface area contributed by atoms with Crippen molar-refractivity contribution >= 4 is 5.78 Å². The van der Waals surface area contributed by atoms with E-state index in [2.05, 4.69) is 0 Å². The van der Waals surface area contributed by atoms with E-state index in [1.807, 2.05) is 12.1 Å². The summed E-state index contributed by atoms with van der Waals surface area (Å²) in [5.74, 6) is 0.251. The summed E-state index contributed by atoms with van der Waals surface area (Å²) in [7, 11) is 0. The largest absolute Gasteiger partial charge is 0.507 e. The minimum atomic E-state index is 0.0752. The molecular formula is C10H10O2. The van der Waals surface area contributed by atoms with Gasteiger partial charge in [-0.05, 0) is 24.5 Å². The molecule has 0 bridgehead atoms. The lowest BCUT2D eigenvalue weighted by Gasteiger charge is -2.03. The summed E-state index contributed by atoms with van der Waals surface area (Å²) >= 11 is 0. The molecule has 0 aromatic heterocycles. The van der Waals surface area contributed by atoms with Gasteiger partial charge >= 0.3 is 0 Å². The van der Waals surface area contributed by atoms with Crippen LogP contribution < -0.4 is 0 Å². The van der Waals surface area contributed by atoms with Crippen molar-refractivity contribution in [2.24, 2.45) is 0 Å². The predicted molar refractivity (Wildman–Crippen MR) is 45.5 cm³/mol. The maximum Gasteiger partial charge on any atom is 0.167 e. The van der Waals surface area contributed by atoms with E-state index < -0.39 is 0 Å². The van der Waals surface area contributed by atoms with Crippen LogP contribution in [0.5, 0.6) is 5.75 Å². The Hall–Kier alpha value is -1.31. The Kier molecular flexibility index (Phi) is 1.43. The van der Waals surface area contributed by atoms with Gasteiger partial charge in [0.05, 0.1) is 5.56 Å². The normalized spacial score (nSPS) is 14.9. The van der Waals surface area contributed by atoms with Crippen molar-refractivity contribution in [3.05, 3.63) is 28.8 Å². The highest BCUT2D eigenvalue weighted by molar-refractivity contribution is 6.03. The molecule has 12 heavy (non-hydrogen) atoms. The average Bonchev–Trinajstić information content (AvgIpc) is 2.41. The summed E-state index contributed by atoms with van der Waals surface area (Å²) < 4.78 is 0. The molecule has 2 rings (SSSR count). The number of ketones is 1. The number of fused-ring (bicyclic) bond motifs is 1. The summed E-state index contributed by atoms with van der Waals surface area (Å²) in [6.45, 7) is 1.81. The van der Waals surface area contributed by atoms with Gasteiger partial charge in [-0.25, -0.2) is 0 Å². The summed E-state index contributed by atoms with van der Waals surface area (Å²) in [5, 5.41) is 9.57. The highest BCUT2D eigenvalue weighted by atomic mass is 16.3. The van der Waals surface area contributed by atoms with Gasteiger partial charge in [0, 0.05) is 6.42 Å². The summed E-state index contributed by atoms with van der Waals surface area (Å²) in [6.07, 6.45) is 1.33. The molecule has 2 heteroatoms. The quantitative estimate of drug-likeness (QED) is 0.631. The van der Waals surface area contributed by atoms with Crippen LogP contribution >= 0.6 is 0 Å². The van der Waals surface area contributed by atoms with Crippen LogP contribution in [0.15, 0.2) is 12.1 Å². The zero-order valence-corrected chi connectivity index (χ0v) is 6.92. The molecule has 1 N–H and O–H groups in total. The molecule has 1 aromatic rings. The first-order chi connectivity index (χ1) is 5.70. The molecule has 1 aromatic carbocycles. The molecule has 0 fully saturated rings. The third kappa shape index (κ3) is 0.843. The molecule has 0 amide bonds. The van der Waals surface area contributed by atoms with Gasteiger partial charge in [-0.15, -0.1) is 0 Å². The maximum absolute atomic E-state index is 11.3. The zero-order valence-electron chi connectivity index (χ0n) is 6.92. The highest BCUT2D eigenvalue weighted by Crippen LogP contribution is 2.32. The molecule has 0 unspecified atom stereocenters. The molecule has 0 saturated heterocycles. The van der Waals surface area contributed by atoms with Crippen LogP contribution in [0.4, 0.5) is 0 Å². The van der Waals surface area contributed by atoms with Crippen LogP contribution in [0.1, 0.15) is 27.9 Å². The molecule has 0 atom stereocenters. The number of phenols is 1. The second-order valence-corrected chi connectivity index (χ2v) is 3.19. The van der Waals surface area contributed by atoms with Gasteiger partial charge < -0.3 is 5.11 Å². The Balaban J connectivity index is 2.71. The SMILES string of the molecule is Cc1ccc2c(c1O)C(=O)CC2. The number of Topliss-reactive ketones (excluding diaryl/α,β-unsaturated/α-hetero) is 1. The molecule has 1 aliphatic rings. The zero-order chi connectivity index (χ0) is 8.72. The van der Waals surface area contributed by atoms with Gasteiger partial charge in [0.25, 0.3) is 0 Å². The smallest absolute Gasteiger partial charge is 0.167 e. The third-order valence-electron chi connectivity index (χ3n) is 2.37. The van der Waals surface area contributed by atoms with E-state index in [1.54, 1.807) is 6.92 Å². The number of rotatable bonds is 0. The number of benzene rings is 1. The van der Waals surface area contributed by atoms with E-state index in [1.165, 1.54) is 0 Å². The minimum absolute atomic E-state index is 0.0752. The lowest BCUT2D eigenvalue weighted by Crippen LogP contribution is -1.93. The average molecular weight is 162 g/mol. The van der Waals surface area contributed by atoms with Crippen LogP contribution in [0.2, 0.25) is 0 Å². The van der Waals surface area contributed by atoms with E-state index in [9.17, 15) is 9.90 Å². The lowest BCUT2D eigenvalue weighted by atomic mass is 10.1. The molecule has 0 heterocycles. The third-order valence-corrected chi connectivity index (χ3v) is 2.37. The monoisotopic (exact) mass is 162 g/mol. The summed E-state index contributed by atoms with van der Waals surface area (Å²) in [6, 6.07) is 3.78. The second-order valence-electron chi connectivity index (χ2n) is 3.19. The number of carbonyl (C=O) groups excluding carboxylic acids is 1. The predicted octanol–water partition coefficient (Wildman–Crippen LogP) is 1.83. The van der Waals surface area contributed by atoms with Crippen molar-refractivity contribution in [2.75, 3.05) is 0 Å². The van der Waals surface area contributed by atoms with E-state index >= 15 is 0 Å². The van der Waals surface area contributed by atoms with Gasteiger partial charge in [0.15, 0.2) is 5.78 Å². The molecule has 0 aliphatic heterocycles. The molecule has 0 spiro atoms. The van der Waals surface area contributed by atoms with Gasteiger partial charge in [-0.2, -0.15) is 0 Å². The van der Waals surface area contributed by atoms with Crippen molar-refractivity contribution in [1.82, 2.24) is 0 Å². The topological polar surface area (TPSA) is 37.3 Å². The highest BCUT2D eigenvalue weighted by Gasteiger charge is 2.23. The molecule has 1 aliphatic carbocycles. The van der Waals surface area contributed by atoms with Gasteiger partial charge in [0.1, 0.15) is 5.75 Å². The molecular weight excluding hydrogens is 152 g/mol. The second kappa shape index (κ2) is 2.34. The van der Waals surface area contributed by atoms with E-state index in [0.717, 1.165) is 17.5 Å².